The summed E-state index contributed by atoms with van der Waals surface area (Å²) in [6.45, 7) is 5.48. The summed E-state index contributed by atoms with van der Waals surface area (Å²) in [5, 5.41) is 4.39. The van der Waals surface area contributed by atoms with Crippen molar-refractivity contribution in [3.8, 4) is 0 Å². The zero-order valence-corrected chi connectivity index (χ0v) is 17.4. The molecule has 1 aromatic heterocycles. The van der Waals surface area contributed by atoms with Gasteiger partial charge >= 0.3 is 7.82 Å². The molecule has 2 amide bonds. The number of hydrogen-bond donors (Lipinski definition) is 3. The molecular weight excluding hydrogens is 405 g/mol. The number of carbonyl (C=O) groups excluding carboxylic acids is 2. The summed E-state index contributed by atoms with van der Waals surface area (Å²) in [5.74, 6) is -0.638. The van der Waals surface area contributed by atoms with Crippen molar-refractivity contribution in [1.29, 1.82) is 0 Å². The van der Waals surface area contributed by atoms with Gasteiger partial charge in [-0.2, -0.15) is 4.99 Å². The van der Waals surface area contributed by atoms with Crippen molar-refractivity contribution in [2.75, 3.05) is 5.32 Å². The van der Waals surface area contributed by atoms with Crippen LogP contribution in [0.15, 0.2) is 40.8 Å². The van der Waals surface area contributed by atoms with Gasteiger partial charge in [0.15, 0.2) is 4.80 Å². The van der Waals surface area contributed by atoms with Crippen LogP contribution in [-0.2, 0) is 20.6 Å². The lowest BCUT2D eigenvalue weighted by Crippen LogP contribution is -2.19. The van der Waals surface area contributed by atoms with E-state index in [9.17, 15) is 14.2 Å². The Kier molecular flexibility index (Phi) is 7.08. The van der Waals surface area contributed by atoms with E-state index >= 15 is 0 Å². The number of benzene rings is 1. The summed E-state index contributed by atoms with van der Waals surface area (Å²) in [5.41, 5.74) is 0.759. The van der Waals surface area contributed by atoms with Crippen LogP contribution in [0.25, 0.3) is 0 Å². The van der Waals surface area contributed by atoms with Crippen molar-refractivity contribution in [2.45, 2.75) is 33.9 Å². The number of hydrogen-bond acceptors (Lipinski definition) is 5. The van der Waals surface area contributed by atoms with Crippen LogP contribution in [0, 0.1) is 5.41 Å². The molecule has 28 heavy (non-hydrogen) atoms. The Morgan fingerprint density at radius 3 is 2.46 bits per heavy atom. The number of anilines is 1. The summed E-state index contributed by atoms with van der Waals surface area (Å²) >= 11 is 1.13. The van der Waals surface area contributed by atoms with Crippen LogP contribution in [0.2, 0.25) is 0 Å². The Morgan fingerprint density at radius 1 is 1.25 bits per heavy atom. The van der Waals surface area contributed by atoms with Gasteiger partial charge in [-0.05, 0) is 29.7 Å². The van der Waals surface area contributed by atoms with Crippen molar-refractivity contribution >= 4 is 36.7 Å². The molecule has 0 aliphatic heterocycles. The second-order valence-electron chi connectivity index (χ2n) is 7.18. The molecule has 0 bridgehead atoms. The van der Waals surface area contributed by atoms with E-state index in [-0.39, 0.29) is 16.1 Å². The maximum Gasteiger partial charge on any atom is 0.471 e. The topological polar surface area (TPSA) is 130 Å². The molecule has 0 spiro atoms. The number of rotatable bonds is 6. The van der Waals surface area contributed by atoms with Gasteiger partial charge in [0, 0.05) is 29.2 Å². The van der Waals surface area contributed by atoms with Crippen LogP contribution in [0.1, 0.15) is 37.6 Å². The van der Waals surface area contributed by atoms with Crippen molar-refractivity contribution in [3.05, 3.63) is 46.2 Å². The second kappa shape index (κ2) is 8.93. The minimum Gasteiger partial charge on any atom is -0.326 e. The standard InChI is InChI=1S/C17H22N3O6PS/c1-17(2,3)10-14(21)18-13-6-4-12(5-7-13)15(22)19-16-20(8-9-28-16)11-26-27(23,24)25/h4-9H,10-11H2,1-3H3,(H,18,21)(H2,23,24,25). The average molecular weight is 427 g/mol. The average Bonchev–Trinajstić information content (AvgIpc) is 2.98. The molecule has 2 aromatic rings. The highest BCUT2D eigenvalue weighted by molar-refractivity contribution is 7.46. The molecule has 1 aromatic carbocycles. The largest absolute Gasteiger partial charge is 0.471 e. The van der Waals surface area contributed by atoms with Gasteiger partial charge in [-0.3, -0.25) is 18.7 Å². The van der Waals surface area contributed by atoms with Gasteiger partial charge in [0.05, 0.1) is 0 Å². The maximum absolute atomic E-state index is 12.3. The van der Waals surface area contributed by atoms with E-state index in [2.05, 4.69) is 14.8 Å². The molecule has 11 heteroatoms. The van der Waals surface area contributed by atoms with E-state index in [1.165, 1.54) is 10.8 Å². The number of nitrogens with one attached hydrogen (secondary N) is 1. The third-order valence-electron chi connectivity index (χ3n) is 3.33. The number of nitrogens with zero attached hydrogens (tertiary/aromatic N) is 2. The summed E-state index contributed by atoms with van der Waals surface area (Å²) in [6.07, 6.45) is 1.87. The van der Waals surface area contributed by atoms with E-state index in [4.69, 9.17) is 9.79 Å². The van der Waals surface area contributed by atoms with Crippen LogP contribution in [0.4, 0.5) is 5.69 Å². The molecule has 0 aliphatic rings. The van der Waals surface area contributed by atoms with E-state index in [1.54, 1.807) is 29.6 Å². The maximum atomic E-state index is 12.3. The fourth-order valence-corrected chi connectivity index (χ4v) is 3.15. The van der Waals surface area contributed by atoms with Crippen molar-refractivity contribution < 1.29 is 28.5 Å². The first kappa shape index (κ1) is 22.2. The normalized spacial score (nSPS) is 12.8. The molecule has 0 radical (unpaired) electrons. The molecule has 0 atom stereocenters. The molecule has 2 rings (SSSR count). The summed E-state index contributed by atoms with van der Waals surface area (Å²) in [6, 6.07) is 6.32. The lowest BCUT2D eigenvalue weighted by Gasteiger charge is -2.17. The first-order chi connectivity index (χ1) is 12.9. The highest BCUT2D eigenvalue weighted by atomic mass is 32.1. The van der Waals surface area contributed by atoms with E-state index in [0.29, 0.717) is 17.7 Å². The zero-order valence-electron chi connectivity index (χ0n) is 15.7. The number of phosphoric acid groups is 1. The first-order valence-corrected chi connectivity index (χ1v) is 10.7. The Hall–Kier alpha value is -2.10. The summed E-state index contributed by atoms with van der Waals surface area (Å²) in [7, 11) is -4.63. The van der Waals surface area contributed by atoms with Gasteiger partial charge in [-0.15, -0.1) is 11.3 Å². The molecule has 0 unspecified atom stereocenters. The Morgan fingerprint density at radius 2 is 1.89 bits per heavy atom. The molecule has 152 valence electrons. The molecule has 3 N–H and O–H groups in total. The second-order valence-corrected chi connectivity index (χ2v) is 9.30. The van der Waals surface area contributed by atoms with Crippen LogP contribution < -0.4 is 10.1 Å². The Labute approximate surface area is 165 Å². The van der Waals surface area contributed by atoms with E-state index in [1.807, 2.05) is 20.8 Å². The summed E-state index contributed by atoms with van der Waals surface area (Å²) in [4.78, 5) is 46.0. The van der Waals surface area contributed by atoms with Gasteiger partial charge in [-0.25, -0.2) is 4.57 Å². The number of aromatic nitrogens is 1. The molecule has 0 fully saturated rings. The lowest BCUT2D eigenvalue weighted by molar-refractivity contribution is -0.117. The highest BCUT2D eigenvalue weighted by Gasteiger charge is 2.16. The van der Waals surface area contributed by atoms with Gasteiger partial charge < -0.3 is 15.1 Å². The highest BCUT2D eigenvalue weighted by Crippen LogP contribution is 2.35. The first-order valence-electron chi connectivity index (χ1n) is 8.26. The van der Waals surface area contributed by atoms with Gasteiger partial charge in [0.2, 0.25) is 5.91 Å². The number of carbonyl (C=O) groups is 2. The third kappa shape index (κ3) is 7.49. The molecule has 0 saturated carbocycles. The van der Waals surface area contributed by atoms with Gasteiger partial charge in [-0.1, -0.05) is 20.8 Å². The van der Waals surface area contributed by atoms with Gasteiger partial charge in [0.1, 0.15) is 6.73 Å². The van der Waals surface area contributed by atoms with Crippen LogP contribution >= 0.6 is 19.2 Å². The Bertz CT molecular complexity index is 952. The van der Waals surface area contributed by atoms with Crippen LogP contribution in [-0.4, -0.2) is 26.2 Å². The van der Waals surface area contributed by atoms with Crippen LogP contribution in [0.5, 0.6) is 0 Å². The zero-order chi connectivity index (χ0) is 20.9. The number of amides is 2. The molecule has 0 aliphatic carbocycles. The predicted molar refractivity (Wildman–Crippen MR) is 104 cm³/mol. The molecule has 0 saturated heterocycles. The predicted octanol–water partition coefficient (Wildman–Crippen LogP) is 2.73. The quantitative estimate of drug-likeness (QED) is 0.608. The summed E-state index contributed by atoms with van der Waals surface area (Å²) < 4.78 is 16.5. The van der Waals surface area contributed by atoms with Gasteiger partial charge in [0.25, 0.3) is 5.91 Å². The monoisotopic (exact) mass is 427 g/mol. The lowest BCUT2D eigenvalue weighted by atomic mass is 9.92. The van der Waals surface area contributed by atoms with E-state index in [0.717, 1.165) is 11.3 Å². The van der Waals surface area contributed by atoms with E-state index < -0.39 is 20.5 Å². The minimum absolute atomic E-state index is 0.110. The molecule has 9 nitrogen and oxygen atoms in total. The number of thiazole rings is 1. The molecular formula is C17H22N3O6PS. The third-order valence-corrected chi connectivity index (χ3v) is 4.57. The minimum atomic E-state index is -4.63. The fourth-order valence-electron chi connectivity index (χ4n) is 2.16. The SMILES string of the molecule is CC(C)(C)CC(=O)Nc1ccc(C(=O)N=c2sccn2COP(=O)(O)O)cc1. The number of phosphoric ester groups is 1. The van der Waals surface area contributed by atoms with Crippen molar-refractivity contribution in [2.24, 2.45) is 10.4 Å². The van der Waals surface area contributed by atoms with Crippen molar-refractivity contribution in [1.82, 2.24) is 4.57 Å². The fraction of sp³-hybridized carbons (Fsp3) is 0.353. The van der Waals surface area contributed by atoms with Crippen LogP contribution in [0.3, 0.4) is 0 Å². The smallest absolute Gasteiger partial charge is 0.326 e. The Balaban J connectivity index is 2.08. The molecule has 1 heterocycles. The van der Waals surface area contributed by atoms with Crippen molar-refractivity contribution in [3.63, 3.8) is 0 Å².